The minimum atomic E-state index is -4.04. The van der Waals surface area contributed by atoms with Gasteiger partial charge in [-0.1, -0.05) is 33.6 Å². The predicted molar refractivity (Wildman–Crippen MR) is 124 cm³/mol. The fourth-order valence-corrected chi connectivity index (χ4v) is 5.52. The van der Waals surface area contributed by atoms with Crippen LogP contribution in [0.4, 0.5) is 10.5 Å². The molecule has 1 aromatic carbocycles. The number of sulfonamides is 1. The Hall–Kier alpha value is -2.73. The Kier molecular flexibility index (Phi) is 5.84. The van der Waals surface area contributed by atoms with Gasteiger partial charge in [-0.05, 0) is 47.9 Å². The number of halogens is 2. The highest BCUT2D eigenvalue weighted by Crippen LogP contribution is 2.25. The first-order chi connectivity index (χ1) is 14.7. The monoisotopic (exact) mass is 538 g/mol. The van der Waals surface area contributed by atoms with Gasteiger partial charge in [0, 0.05) is 16.1 Å². The van der Waals surface area contributed by atoms with E-state index in [4.69, 9.17) is 11.6 Å². The summed E-state index contributed by atoms with van der Waals surface area (Å²) in [7, 11) is -4.04. The first-order valence-electron chi connectivity index (χ1n) is 8.59. The lowest BCUT2D eigenvalue weighted by molar-refractivity contribution is 0.256. The minimum absolute atomic E-state index is 0.0801. The second-order valence-corrected chi connectivity index (χ2v) is 10.8. The molecule has 0 fully saturated rings. The number of urea groups is 1. The van der Waals surface area contributed by atoms with Gasteiger partial charge in [0.05, 0.1) is 16.2 Å². The first kappa shape index (κ1) is 21.5. The fourth-order valence-electron chi connectivity index (χ4n) is 2.77. The van der Waals surface area contributed by atoms with Crippen molar-refractivity contribution in [2.24, 2.45) is 0 Å². The maximum Gasteiger partial charge on any atom is 0.333 e. The van der Waals surface area contributed by atoms with Crippen LogP contribution < -0.4 is 15.6 Å². The Bertz CT molecular complexity index is 1470. The molecule has 0 spiro atoms. The number of nitrogens with one attached hydrogen (secondary N) is 2. The molecule has 12 heteroatoms. The molecule has 0 unspecified atom stereocenters. The highest BCUT2D eigenvalue weighted by molar-refractivity contribution is 9.10. The van der Waals surface area contributed by atoms with Crippen LogP contribution in [0.5, 0.6) is 0 Å². The number of amides is 2. The standard InChI is InChI=1S/C19H12BrClN4O4S2/c20-12-2-1-11-7-8-25(18(26)14(11)9-12)16-5-3-13(10-22-16)23-19(27)24-31(28,29)17-6-4-15(21)30-17/h1-10H,(H2,23,24,27). The number of rotatable bonds is 4. The van der Waals surface area contributed by atoms with Crippen LogP contribution in [0.3, 0.4) is 0 Å². The quantitative estimate of drug-likeness (QED) is 0.400. The number of fused-ring (bicyclic) bond motifs is 1. The number of hydrogen-bond donors (Lipinski definition) is 2. The molecular formula is C19H12BrClN4O4S2. The van der Waals surface area contributed by atoms with Crippen molar-refractivity contribution in [3.63, 3.8) is 0 Å². The number of aromatic nitrogens is 2. The molecule has 158 valence electrons. The van der Waals surface area contributed by atoms with Crippen molar-refractivity contribution in [3.8, 4) is 5.82 Å². The SMILES string of the molecule is O=C(Nc1ccc(-n2ccc3ccc(Br)cc3c2=O)nc1)NS(=O)(=O)c1ccc(Cl)s1. The number of nitrogens with zero attached hydrogens (tertiary/aromatic N) is 2. The normalized spacial score (nSPS) is 11.4. The molecule has 0 atom stereocenters. The van der Waals surface area contributed by atoms with Crippen molar-refractivity contribution in [3.05, 3.63) is 80.1 Å². The van der Waals surface area contributed by atoms with Gasteiger partial charge >= 0.3 is 6.03 Å². The average molecular weight is 540 g/mol. The molecule has 3 heterocycles. The lowest BCUT2D eigenvalue weighted by Crippen LogP contribution is -2.34. The van der Waals surface area contributed by atoms with E-state index in [1.807, 2.05) is 16.9 Å². The summed E-state index contributed by atoms with van der Waals surface area (Å²) >= 11 is 9.93. The van der Waals surface area contributed by atoms with Crippen molar-refractivity contribution in [1.82, 2.24) is 14.3 Å². The average Bonchev–Trinajstić information content (AvgIpc) is 3.16. The van der Waals surface area contributed by atoms with Crippen LogP contribution in [0.1, 0.15) is 0 Å². The zero-order valence-electron chi connectivity index (χ0n) is 15.4. The summed E-state index contributed by atoms with van der Waals surface area (Å²) < 4.78 is 28.6. The van der Waals surface area contributed by atoms with Gasteiger partial charge < -0.3 is 5.32 Å². The summed E-state index contributed by atoms with van der Waals surface area (Å²) in [6.45, 7) is 0. The van der Waals surface area contributed by atoms with E-state index in [0.717, 1.165) is 21.2 Å². The number of carbonyl (C=O) groups is 1. The Balaban J connectivity index is 1.52. The largest absolute Gasteiger partial charge is 0.333 e. The molecule has 0 aliphatic rings. The second-order valence-electron chi connectivity index (χ2n) is 6.25. The Morgan fingerprint density at radius 2 is 1.94 bits per heavy atom. The summed E-state index contributed by atoms with van der Waals surface area (Å²) in [6.07, 6.45) is 2.93. The van der Waals surface area contributed by atoms with Crippen LogP contribution in [-0.4, -0.2) is 24.0 Å². The number of carbonyl (C=O) groups excluding carboxylic acids is 1. The summed E-state index contributed by atoms with van der Waals surface area (Å²) in [5.74, 6) is 0.346. The molecular weight excluding hydrogens is 528 g/mol. The Morgan fingerprint density at radius 1 is 1.13 bits per heavy atom. The maximum absolute atomic E-state index is 12.8. The molecule has 3 aromatic heterocycles. The van der Waals surface area contributed by atoms with Crippen LogP contribution in [0.2, 0.25) is 4.34 Å². The van der Waals surface area contributed by atoms with Crippen LogP contribution in [0.15, 0.2) is 74.4 Å². The second kappa shape index (κ2) is 8.42. The van der Waals surface area contributed by atoms with Crippen molar-refractivity contribution >= 4 is 71.4 Å². The van der Waals surface area contributed by atoms with Gasteiger partial charge in [-0.3, -0.25) is 9.36 Å². The molecule has 2 amide bonds. The molecule has 0 radical (unpaired) electrons. The van der Waals surface area contributed by atoms with Crippen LogP contribution >= 0.6 is 38.9 Å². The number of thiophene rings is 1. The van der Waals surface area contributed by atoms with Gasteiger partial charge in [0.25, 0.3) is 15.6 Å². The number of hydrogen-bond acceptors (Lipinski definition) is 6. The highest BCUT2D eigenvalue weighted by Gasteiger charge is 2.20. The van der Waals surface area contributed by atoms with Gasteiger partial charge in [-0.25, -0.2) is 22.9 Å². The van der Waals surface area contributed by atoms with Crippen molar-refractivity contribution in [2.75, 3.05) is 5.32 Å². The molecule has 4 aromatic rings. The molecule has 31 heavy (non-hydrogen) atoms. The smallest absolute Gasteiger partial charge is 0.306 e. The third-order valence-electron chi connectivity index (χ3n) is 4.16. The van der Waals surface area contributed by atoms with E-state index in [-0.39, 0.29) is 19.8 Å². The van der Waals surface area contributed by atoms with Gasteiger partial charge in [-0.15, -0.1) is 11.3 Å². The lowest BCUT2D eigenvalue weighted by atomic mass is 10.2. The molecule has 0 bridgehead atoms. The van der Waals surface area contributed by atoms with E-state index in [1.165, 1.54) is 35.0 Å². The predicted octanol–water partition coefficient (Wildman–Crippen LogP) is 4.37. The Morgan fingerprint density at radius 3 is 2.61 bits per heavy atom. The minimum Gasteiger partial charge on any atom is -0.306 e. The van der Waals surface area contributed by atoms with Gasteiger partial charge in [0.2, 0.25) is 0 Å². The number of benzene rings is 1. The summed E-state index contributed by atoms with van der Waals surface area (Å²) in [5, 5.41) is 3.72. The summed E-state index contributed by atoms with van der Waals surface area (Å²) in [5.41, 5.74) is 0.00250. The third-order valence-corrected chi connectivity index (χ3v) is 7.71. The topological polar surface area (TPSA) is 110 Å². The molecule has 0 aliphatic heterocycles. The molecule has 0 aliphatic carbocycles. The first-order valence-corrected chi connectivity index (χ1v) is 12.1. The zero-order valence-corrected chi connectivity index (χ0v) is 19.3. The van der Waals surface area contributed by atoms with E-state index in [9.17, 15) is 18.0 Å². The van der Waals surface area contributed by atoms with E-state index in [1.54, 1.807) is 18.3 Å². The van der Waals surface area contributed by atoms with Gasteiger partial charge in [0.1, 0.15) is 10.0 Å². The molecule has 2 N–H and O–H groups in total. The van der Waals surface area contributed by atoms with Crippen LogP contribution in [-0.2, 0) is 10.0 Å². The van der Waals surface area contributed by atoms with Crippen LogP contribution in [0.25, 0.3) is 16.6 Å². The van der Waals surface area contributed by atoms with E-state index in [2.05, 4.69) is 26.2 Å². The maximum atomic E-state index is 12.8. The molecule has 4 rings (SSSR count). The molecule has 0 saturated carbocycles. The highest BCUT2D eigenvalue weighted by atomic mass is 79.9. The lowest BCUT2D eigenvalue weighted by Gasteiger charge is -2.09. The van der Waals surface area contributed by atoms with E-state index >= 15 is 0 Å². The van der Waals surface area contributed by atoms with E-state index < -0.39 is 16.1 Å². The van der Waals surface area contributed by atoms with Gasteiger partial charge in [0.15, 0.2) is 0 Å². The molecule has 0 saturated heterocycles. The summed E-state index contributed by atoms with van der Waals surface area (Å²) in [6, 6.07) is 12.0. The fraction of sp³-hybridized carbons (Fsp3) is 0. The van der Waals surface area contributed by atoms with E-state index in [0.29, 0.717) is 11.2 Å². The third kappa shape index (κ3) is 4.64. The number of anilines is 1. The van der Waals surface area contributed by atoms with Gasteiger partial charge in [-0.2, -0.15) is 0 Å². The number of pyridine rings is 2. The van der Waals surface area contributed by atoms with Crippen molar-refractivity contribution in [2.45, 2.75) is 4.21 Å². The molecule has 8 nitrogen and oxygen atoms in total. The van der Waals surface area contributed by atoms with Crippen LogP contribution in [0, 0.1) is 0 Å². The zero-order chi connectivity index (χ0) is 22.2. The Labute approximate surface area is 193 Å². The van der Waals surface area contributed by atoms with Crippen molar-refractivity contribution in [1.29, 1.82) is 0 Å². The summed E-state index contributed by atoms with van der Waals surface area (Å²) in [4.78, 5) is 29.1. The van der Waals surface area contributed by atoms with Crippen molar-refractivity contribution < 1.29 is 13.2 Å².